The fourth-order valence-electron chi connectivity index (χ4n) is 5.38. The number of oxime groups is 2. The normalized spacial score (nSPS) is 27.5. The van der Waals surface area contributed by atoms with E-state index in [9.17, 15) is 9.59 Å². The smallest absolute Gasteiger partial charge is 0.331 e. The van der Waals surface area contributed by atoms with Crippen LogP contribution in [-0.2, 0) is 24.0 Å². The van der Waals surface area contributed by atoms with Crippen LogP contribution in [0.3, 0.4) is 0 Å². The first-order valence-corrected chi connectivity index (χ1v) is 15.3. The predicted molar refractivity (Wildman–Crippen MR) is 163 cm³/mol. The molecule has 1 fully saturated rings. The molecule has 0 aromatic carbocycles. The SMILES string of the molecule is CCC(CC)C1=NO[C@H]2[C@@H]1[C@H](C)C[C@@H]2C(=O)ONC(C)(C)C.COC(=O)[C@@H]1C=C[C@H](C)C1.[CH2+]CC(CC)/C(Cl)=N/O. The zero-order valence-electron chi connectivity index (χ0n) is 26.5. The fraction of sp³-hybridized carbons (Fsp3) is 0.774. The number of esters is 1. The summed E-state index contributed by atoms with van der Waals surface area (Å²) in [7, 11) is 1.43. The van der Waals surface area contributed by atoms with Gasteiger partial charge >= 0.3 is 11.9 Å². The van der Waals surface area contributed by atoms with Crippen LogP contribution in [0.15, 0.2) is 22.5 Å². The van der Waals surface area contributed by atoms with Gasteiger partial charge in [0.05, 0.1) is 43.9 Å². The first kappa shape index (κ1) is 36.8. The van der Waals surface area contributed by atoms with E-state index >= 15 is 0 Å². The zero-order chi connectivity index (χ0) is 31.3. The molecule has 0 aromatic heterocycles. The number of rotatable bonds is 9. The van der Waals surface area contributed by atoms with Crippen LogP contribution in [0.2, 0.25) is 0 Å². The molecular formula is C31H53ClN3O6+. The Kier molecular flexibility index (Phi) is 15.8. The van der Waals surface area contributed by atoms with Gasteiger partial charge in [-0.2, -0.15) is 0 Å². The van der Waals surface area contributed by atoms with Crippen LogP contribution in [0.25, 0.3) is 0 Å². The van der Waals surface area contributed by atoms with E-state index in [4.69, 9.17) is 26.5 Å². The number of nitrogens with zero attached hydrogens (tertiary/aromatic N) is 2. The van der Waals surface area contributed by atoms with Crippen molar-refractivity contribution in [2.24, 2.45) is 51.7 Å². The van der Waals surface area contributed by atoms with E-state index in [1.807, 2.05) is 33.8 Å². The molecule has 1 heterocycles. The average Bonchev–Trinajstić information content (AvgIpc) is 3.66. The third-order valence-corrected chi connectivity index (χ3v) is 8.23. The maximum Gasteiger partial charge on any atom is 0.331 e. The van der Waals surface area contributed by atoms with Gasteiger partial charge in [-0.1, -0.05) is 68.7 Å². The molecule has 1 unspecified atom stereocenters. The van der Waals surface area contributed by atoms with E-state index in [1.54, 1.807) is 0 Å². The number of ether oxygens (including phenoxy) is 1. The van der Waals surface area contributed by atoms with Gasteiger partial charge in [0.2, 0.25) is 0 Å². The van der Waals surface area contributed by atoms with Crippen LogP contribution in [-0.4, -0.2) is 46.8 Å². The molecule has 0 aromatic rings. The molecule has 1 saturated carbocycles. The molecule has 7 atom stereocenters. The summed E-state index contributed by atoms with van der Waals surface area (Å²) in [5.74, 6) is 1.22. The Morgan fingerprint density at radius 2 is 1.80 bits per heavy atom. The molecule has 2 N–H and O–H groups in total. The highest BCUT2D eigenvalue weighted by molar-refractivity contribution is 6.65. The van der Waals surface area contributed by atoms with E-state index in [0.717, 1.165) is 37.8 Å². The van der Waals surface area contributed by atoms with Crippen molar-refractivity contribution in [1.82, 2.24) is 5.48 Å². The number of hydrogen-bond acceptors (Lipinski definition) is 9. The second kappa shape index (κ2) is 17.6. The van der Waals surface area contributed by atoms with E-state index in [-0.39, 0.29) is 52.4 Å². The van der Waals surface area contributed by atoms with Crippen molar-refractivity contribution in [3.05, 3.63) is 19.1 Å². The van der Waals surface area contributed by atoms with Gasteiger partial charge < -0.3 is 19.6 Å². The minimum absolute atomic E-state index is 0.0139. The molecular weight excluding hydrogens is 546 g/mol. The van der Waals surface area contributed by atoms with Crippen molar-refractivity contribution >= 4 is 34.4 Å². The van der Waals surface area contributed by atoms with Crippen molar-refractivity contribution in [1.29, 1.82) is 0 Å². The largest absolute Gasteiger partial charge is 0.469 e. The summed E-state index contributed by atoms with van der Waals surface area (Å²) in [4.78, 5) is 34.2. The van der Waals surface area contributed by atoms with Crippen LogP contribution < -0.4 is 5.48 Å². The molecule has 2 aliphatic carbocycles. The van der Waals surface area contributed by atoms with Gasteiger partial charge in [0.25, 0.3) is 0 Å². The molecule has 41 heavy (non-hydrogen) atoms. The van der Waals surface area contributed by atoms with Gasteiger partial charge in [-0.15, -0.1) is 5.48 Å². The number of methoxy groups -OCH3 is 1. The van der Waals surface area contributed by atoms with Crippen molar-refractivity contribution < 1.29 is 29.2 Å². The van der Waals surface area contributed by atoms with Gasteiger partial charge in [0.15, 0.2) is 5.17 Å². The molecule has 0 radical (unpaired) electrons. The first-order valence-electron chi connectivity index (χ1n) is 14.9. The predicted octanol–water partition coefficient (Wildman–Crippen LogP) is 6.93. The van der Waals surface area contributed by atoms with Gasteiger partial charge in [0.1, 0.15) is 6.10 Å². The number of nitrogens with one attached hydrogen (secondary N) is 1. The van der Waals surface area contributed by atoms with Crippen LogP contribution >= 0.6 is 11.6 Å². The van der Waals surface area contributed by atoms with Crippen LogP contribution in [0.5, 0.6) is 0 Å². The number of fused-ring (bicyclic) bond motifs is 1. The monoisotopic (exact) mass is 598 g/mol. The summed E-state index contributed by atoms with van der Waals surface area (Å²) < 4.78 is 4.59. The van der Waals surface area contributed by atoms with E-state index in [1.165, 1.54) is 7.11 Å². The van der Waals surface area contributed by atoms with Gasteiger partial charge in [-0.05, 0) is 64.7 Å². The average molecular weight is 599 g/mol. The molecule has 10 heteroatoms. The molecule has 0 bridgehead atoms. The summed E-state index contributed by atoms with van der Waals surface area (Å²) >= 11 is 5.49. The minimum atomic E-state index is -0.257. The Hall–Kier alpha value is -2.26. The van der Waals surface area contributed by atoms with Crippen molar-refractivity contribution in [2.75, 3.05) is 7.11 Å². The number of carbonyl (C=O) groups is 2. The lowest BCUT2D eigenvalue weighted by Gasteiger charge is -2.22. The van der Waals surface area contributed by atoms with E-state index in [0.29, 0.717) is 24.2 Å². The van der Waals surface area contributed by atoms with Crippen molar-refractivity contribution in [2.45, 2.75) is 106 Å². The lowest BCUT2D eigenvalue weighted by Crippen LogP contribution is -2.41. The fourth-order valence-corrected chi connectivity index (χ4v) is 5.64. The lowest BCUT2D eigenvalue weighted by molar-refractivity contribution is -0.164. The topological polar surface area (TPSA) is 119 Å². The number of hydroxylamine groups is 1. The quantitative estimate of drug-likeness (QED) is 0.0737. The summed E-state index contributed by atoms with van der Waals surface area (Å²) in [6.45, 7) is 20.2. The Bertz CT molecular complexity index is 908. The maximum absolute atomic E-state index is 12.4. The number of halogens is 1. The molecule has 0 saturated heterocycles. The van der Waals surface area contributed by atoms with Crippen molar-refractivity contribution in [3.63, 3.8) is 0 Å². The molecule has 9 nitrogen and oxygen atoms in total. The van der Waals surface area contributed by atoms with Crippen LogP contribution in [0.1, 0.15) is 93.9 Å². The summed E-state index contributed by atoms with van der Waals surface area (Å²) in [5.41, 5.74) is 3.70. The standard InChI is InChI=1S/C17H30N2O3.C8H12O2.C6H10ClNO/c1-7-11(8-2)14-13-10(3)9-12(15(13)21-18-14)16(20)22-19-17(4,5)6;1-6-3-4-7(5-6)8(9)10-2;1-3-5(4-2)6(7)8-9/h10-13,15,19H,7-9H2,1-6H3;3-4,6-7H,5H2,1-2H3;5H,1,3-4H2,2H3/p+1/b;;8-6-/t10-,12+,13-,15-;6-,7+;/m10./s1. The number of hydrogen-bond donors (Lipinski definition) is 2. The highest BCUT2D eigenvalue weighted by Crippen LogP contribution is 2.45. The third kappa shape index (κ3) is 11.2. The summed E-state index contributed by atoms with van der Waals surface area (Å²) in [5, 5.41) is 15.7. The highest BCUT2D eigenvalue weighted by atomic mass is 35.5. The van der Waals surface area contributed by atoms with Crippen LogP contribution in [0.4, 0.5) is 0 Å². The molecule has 234 valence electrons. The molecule has 3 rings (SSSR count). The van der Waals surface area contributed by atoms with Gasteiger partial charge in [0, 0.05) is 17.4 Å². The molecule has 0 spiro atoms. The summed E-state index contributed by atoms with van der Waals surface area (Å²) in [6, 6.07) is 0. The molecule has 0 amide bonds. The highest BCUT2D eigenvalue weighted by Gasteiger charge is 2.53. The van der Waals surface area contributed by atoms with Gasteiger partial charge in [-0.25, -0.2) is 4.79 Å². The number of carbonyl (C=O) groups excluding carboxylic acids is 2. The Morgan fingerprint density at radius 3 is 2.22 bits per heavy atom. The first-order chi connectivity index (χ1) is 19.3. The van der Waals surface area contributed by atoms with Crippen LogP contribution in [0, 0.1) is 48.3 Å². The number of allylic oxidation sites excluding steroid dienone is 1. The van der Waals surface area contributed by atoms with Gasteiger partial charge in [-0.3, -0.25) is 4.79 Å². The third-order valence-electron chi connectivity index (χ3n) is 7.85. The zero-order valence-corrected chi connectivity index (χ0v) is 27.2. The Morgan fingerprint density at radius 1 is 1.17 bits per heavy atom. The Balaban J connectivity index is 0.000000366. The maximum atomic E-state index is 12.4. The molecule has 1 aliphatic heterocycles. The molecule has 3 aliphatic rings. The summed E-state index contributed by atoms with van der Waals surface area (Å²) in [6.07, 6.45) is 9.22. The Labute approximate surface area is 252 Å². The second-order valence-corrected chi connectivity index (χ2v) is 12.6. The minimum Gasteiger partial charge on any atom is -0.469 e. The van der Waals surface area contributed by atoms with E-state index in [2.05, 4.69) is 61.2 Å². The van der Waals surface area contributed by atoms with E-state index < -0.39 is 0 Å². The van der Waals surface area contributed by atoms with Crippen molar-refractivity contribution in [3.8, 4) is 0 Å². The lowest BCUT2D eigenvalue weighted by atomic mass is 9.82. The second-order valence-electron chi connectivity index (χ2n) is 12.3.